The van der Waals surface area contributed by atoms with Crippen LogP contribution in [0, 0.1) is 5.92 Å². The molecule has 2 rings (SSSR count). The second-order valence-corrected chi connectivity index (χ2v) is 4.64. The van der Waals surface area contributed by atoms with Gasteiger partial charge in [0.25, 0.3) is 0 Å². The molecule has 0 atom stereocenters. The molecule has 0 spiro atoms. The molecule has 1 aliphatic rings. The Balaban J connectivity index is 0.000000312. The zero-order valence-electron chi connectivity index (χ0n) is 11.6. The van der Waals surface area contributed by atoms with Gasteiger partial charge in [0.05, 0.1) is 7.11 Å². The molecule has 1 aromatic rings. The maximum absolute atomic E-state index is 9.37. The minimum absolute atomic E-state index is 0.364. The van der Waals surface area contributed by atoms with Gasteiger partial charge in [0.2, 0.25) is 6.79 Å². The van der Waals surface area contributed by atoms with Crippen molar-refractivity contribution in [3.05, 3.63) is 23.8 Å². The highest BCUT2D eigenvalue weighted by molar-refractivity contribution is 5.64. The number of carbonyl (C=O) groups excluding carboxylic acids is 1. The predicted octanol–water partition coefficient (Wildman–Crippen LogP) is 2.72. The number of benzene rings is 1. The first-order valence-electron chi connectivity index (χ1n) is 6.25. The topological polar surface area (TPSA) is 70.8 Å². The second kappa shape index (κ2) is 7.51. The van der Waals surface area contributed by atoms with Crippen molar-refractivity contribution in [2.45, 2.75) is 26.7 Å². The van der Waals surface area contributed by atoms with Crippen molar-refractivity contribution >= 4 is 6.09 Å². The standard InChI is InChI=1S/C12H16O2.C2H5NO2/c1-9(2)3-4-10-5-6-11-12(7-10)14-8-13-11;1-5-2(3)4/h5-7,9H,3-4,8H2,1-2H3;1H3,(H2,3,4). The van der Waals surface area contributed by atoms with E-state index in [1.165, 1.54) is 19.1 Å². The van der Waals surface area contributed by atoms with Gasteiger partial charge in [-0.15, -0.1) is 0 Å². The fourth-order valence-corrected chi connectivity index (χ4v) is 1.55. The van der Waals surface area contributed by atoms with Crippen LogP contribution >= 0.6 is 0 Å². The number of hydrogen-bond acceptors (Lipinski definition) is 4. The summed E-state index contributed by atoms with van der Waals surface area (Å²) < 4.78 is 14.5. The van der Waals surface area contributed by atoms with Crippen LogP contribution in [0.15, 0.2) is 18.2 Å². The van der Waals surface area contributed by atoms with Crippen molar-refractivity contribution in [2.75, 3.05) is 13.9 Å². The molecule has 1 amide bonds. The third-order valence-corrected chi connectivity index (χ3v) is 2.65. The number of amides is 1. The summed E-state index contributed by atoms with van der Waals surface area (Å²) in [4.78, 5) is 9.37. The highest BCUT2D eigenvalue weighted by atomic mass is 16.7. The van der Waals surface area contributed by atoms with Gasteiger partial charge in [-0.1, -0.05) is 19.9 Å². The SMILES string of the molecule is CC(C)CCc1ccc2c(c1)OCO2.COC(N)=O. The molecular formula is C14H21NO4. The Hall–Kier alpha value is -1.91. The van der Waals surface area contributed by atoms with Crippen molar-refractivity contribution in [1.29, 1.82) is 0 Å². The Labute approximate surface area is 113 Å². The van der Waals surface area contributed by atoms with Crippen molar-refractivity contribution < 1.29 is 19.0 Å². The molecule has 0 bridgehead atoms. The van der Waals surface area contributed by atoms with Crippen molar-refractivity contribution in [1.82, 2.24) is 0 Å². The Morgan fingerprint density at radius 2 is 2.00 bits per heavy atom. The number of carbonyl (C=O) groups is 1. The van der Waals surface area contributed by atoms with Crippen LogP contribution in [0.3, 0.4) is 0 Å². The zero-order chi connectivity index (χ0) is 14.3. The number of nitrogens with two attached hydrogens (primary N) is 1. The third kappa shape index (κ3) is 5.50. The van der Waals surface area contributed by atoms with Crippen LogP contribution in [-0.2, 0) is 11.2 Å². The quantitative estimate of drug-likeness (QED) is 0.914. The summed E-state index contributed by atoms with van der Waals surface area (Å²) >= 11 is 0. The van der Waals surface area contributed by atoms with E-state index < -0.39 is 6.09 Å². The van der Waals surface area contributed by atoms with Gasteiger partial charge in [-0.25, -0.2) is 4.79 Å². The van der Waals surface area contributed by atoms with E-state index >= 15 is 0 Å². The monoisotopic (exact) mass is 267 g/mol. The van der Waals surface area contributed by atoms with Gasteiger partial charge < -0.3 is 19.9 Å². The Morgan fingerprint density at radius 1 is 1.37 bits per heavy atom. The summed E-state index contributed by atoms with van der Waals surface area (Å²) in [5.41, 5.74) is 5.77. The summed E-state index contributed by atoms with van der Waals surface area (Å²) in [5, 5.41) is 0. The molecule has 0 aliphatic carbocycles. The van der Waals surface area contributed by atoms with Crippen molar-refractivity contribution in [3.63, 3.8) is 0 Å². The van der Waals surface area contributed by atoms with Gasteiger partial charge in [0, 0.05) is 0 Å². The molecular weight excluding hydrogens is 246 g/mol. The van der Waals surface area contributed by atoms with E-state index in [9.17, 15) is 4.79 Å². The largest absolute Gasteiger partial charge is 0.454 e. The van der Waals surface area contributed by atoms with E-state index in [-0.39, 0.29) is 0 Å². The first-order chi connectivity index (χ1) is 9.02. The maximum Gasteiger partial charge on any atom is 0.404 e. The number of primary amides is 1. The first-order valence-corrected chi connectivity index (χ1v) is 6.25. The van der Waals surface area contributed by atoms with E-state index in [0.29, 0.717) is 6.79 Å². The van der Waals surface area contributed by atoms with Gasteiger partial charge in [-0.05, 0) is 36.5 Å². The Kier molecular flexibility index (Phi) is 5.99. The molecule has 106 valence electrons. The van der Waals surface area contributed by atoms with Gasteiger partial charge in [-0.3, -0.25) is 0 Å². The fourth-order valence-electron chi connectivity index (χ4n) is 1.55. The lowest BCUT2D eigenvalue weighted by Gasteiger charge is -2.05. The molecule has 19 heavy (non-hydrogen) atoms. The van der Waals surface area contributed by atoms with Crippen molar-refractivity contribution in [3.8, 4) is 11.5 Å². The van der Waals surface area contributed by atoms with E-state index in [0.717, 1.165) is 23.8 Å². The van der Waals surface area contributed by atoms with Crippen LogP contribution in [0.25, 0.3) is 0 Å². The van der Waals surface area contributed by atoms with Crippen LogP contribution < -0.4 is 15.2 Å². The number of methoxy groups -OCH3 is 1. The Bertz CT molecular complexity index is 418. The minimum Gasteiger partial charge on any atom is -0.454 e. The Morgan fingerprint density at radius 3 is 2.58 bits per heavy atom. The number of ether oxygens (including phenoxy) is 3. The predicted molar refractivity (Wildman–Crippen MR) is 72.3 cm³/mol. The van der Waals surface area contributed by atoms with E-state index in [1.807, 2.05) is 6.07 Å². The number of hydrogen-bond donors (Lipinski definition) is 1. The van der Waals surface area contributed by atoms with Gasteiger partial charge in [0.15, 0.2) is 11.5 Å². The van der Waals surface area contributed by atoms with Gasteiger partial charge in [0.1, 0.15) is 0 Å². The number of fused-ring (bicyclic) bond motifs is 1. The van der Waals surface area contributed by atoms with E-state index in [1.54, 1.807) is 0 Å². The minimum atomic E-state index is -0.745. The highest BCUT2D eigenvalue weighted by Gasteiger charge is 2.12. The van der Waals surface area contributed by atoms with Gasteiger partial charge >= 0.3 is 6.09 Å². The molecule has 1 aromatic carbocycles. The molecule has 0 fully saturated rings. The third-order valence-electron chi connectivity index (χ3n) is 2.65. The molecule has 0 saturated heterocycles. The lowest BCUT2D eigenvalue weighted by molar-refractivity contribution is 0.174. The van der Waals surface area contributed by atoms with Gasteiger partial charge in [-0.2, -0.15) is 0 Å². The first kappa shape index (κ1) is 15.1. The lowest BCUT2D eigenvalue weighted by Crippen LogP contribution is -2.08. The average Bonchev–Trinajstić information content (AvgIpc) is 2.84. The average molecular weight is 267 g/mol. The van der Waals surface area contributed by atoms with E-state index in [4.69, 9.17) is 9.47 Å². The summed E-state index contributed by atoms with van der Waals surface area (Å²) in [5.74, 6) is 2.52. The summed E-state index contributed by atoms with van der Waals surface area (Å²) in [6.07, 6.45) is 1.60. The number of aryl methyl sites for hydroxylation is 1. The lowest BCUT2D eigenvalue weighted by atomic mass is 10.0. The smallest absolute Gasteiger partial charge is 0.404 e. The van der Waals surface area contributed by atoms with Crippen LogP contribution in [0.4, 0.5) is 4.79 Å². The highest BCUT2D eigenvalue weighted by Crippen LogP contribution is 2.32. The van der Waals surface area contributed by atoms with Crippen LogP contribution in [0.1, 0.15) is 25.8 Å². The zero-order valence-corrected chi connectivity index (χ0v) is 11.6. The molecule has 0 aromatic heterocycles. The van der Waals surface area contributed by atoms with Crippen LogP contribution in [0.5, 0.6) is 11.5 Å². The summed E-state index contributed by atoms with van der Waals surface area (Å²) in [6.45, 7) is 4.85. The molecule has 5 heteroatoms. The fraction of sp³-hybridized carbons (Fsp3) is 0.500. The molecule has 0 unspecified atom stereocenters. The summed E-state index contributed by atoms with van der Waals surface area (Å²) in [6, 6.07) is 6.21. The van der Waals surface area contributed by atoms with Crippen molar-refractivity contribution in [2.24, 2.45) is 11.7 Å². The normalized spacial score (nSPS) is 11.8. The summed E-state index contributed by atoms with van der Waals surface area (Å²) in [7, 11) is 1.22. The second-order valence-electron chi connectivity index (χ2n) is 4.64. The molecule has 1 aliphatic heterocycles. The van der Waals surface area contributed by atoms with Crippen LogP contribution in [-0.4, -0.2) is 20.0 Å². The molecule has 5 nitrogen and oxygen atoms in total. The number of rotatable bonds is 3. The molecule has 2 N–H and O–H groups in total. The molecule has 0 radical (unpaired) electrons. The molecule has 1 heterocycles. The molecule has 0 saturated carbocycles. The van der Waals surface area contributed by atoms with Crippen LogP contribution in [0.2, 0.25) is 0 Å². The van der Waals surface area contributed by atoms with E-state index in [2.05, 4.69) is 36.5 Å². The maximum atomic E-state index is 9.37.